The average Bonchev–Trinajstić information content (AvgIpc) is 2.99. The molecule has 1 fully saturated rings. The summed E-state index contributed by atoms with van der Waals surface area (Å²) in [6.45, 7) is 4.06. The van der Waals surface area contributed by atoms with Gasteiger partial charge in [0.05, 0.1) is 49.0 Å². The Morgan fingerprint density at radius 3 is 2.87 bits per heavy atom. The predicted molar refractivity (Wildman–Crippen MR) is 85.6 cm³/mol. The van der Waals surface area contributed by atoms with Gasteiger partial charge in [-0.3, -0.25) is 4.79 Å². The van der Waals surface area contributed by atoms with E-state index in [1.54, 1.807) is 18.0 Å². The highest BCUT2D eigenvalue weighted by Crippen LogP contribution is 2.19. The molecule has 1 aromatic heterocycles. The van der Waals surface area contributed by atoms with Crippen LogP contribution in [-0.4, -0.2) is 53.5 Å². The van der Waals surface area contributed by atoms with Crippen molar-refractivity contribution in [3.63, 3.8) is 0 Å². The molecule has 1 aliphatic rings. The maximum atomic E-state index is 12.9. The molecular formula is C17H21N3O3. The number of aromatic nitrogens is 2. The van der Waals surface area contributed by atoms with Crippen molar-refractivity contribution in [1.82, 2.24) is 14.7 Å². The summed E-state index contributed by atoms with van der Waals surface area (Å²) in [7, 11) is 1.62. The Hall–Kier alpha value is -2.18. The molecule has 1 amide bonds. The maximum Gasteiger partial charge on any atom is 0.257 e. The van der Waals surface area contributed by atoms with Crippen molar-refractivity contribution in [3.05, 3.63) is 47.8 Å². The van der Waals surface area contributed by atoms with Gasteiger partial charge in [0.15, 0.2) is 0 Å². The van der Waals surface area contributed by atoms with Crippen molar-refractivity contribution in [2.24, 2.45) is 0 Å². The Bertz CT molecular complexity index is 669. The van der Waals surface area contributed by atoms with E-state index in [0.717, 1.165) is 11.4 Å². The number of morpholine rings is 1. The molecule has 0 radical (unpaired) electrons. The molecular weight excluding hydrogens is 294 g/mol. The van der Waals surface area contributed by atoms with Gasteiger partial charge in [-0.25, -0.2) is 4.68 Å². The Labute approximate surface area is 135 Å². The first-order valence-corrected chi connectivity index (χ1v) is 7.72. The van der Waals surface area contributed by atoms with Crippen LogP contribution in [-0.2, 0) is 16.1 Å². The molecule has 23 heavy (non-hydrogen) atoms. The Balaban J connectivity index is 1.96. The first kappa shape index (κ1) is 15.7. The van der Waals surface area contributed by atoms with Crippen LogP contribution in [0.25, 0.3) is 5.69 Å². The number of ether oxygens (including phenoxy) is 2. The standard InChI is InChI=1S/C17H21N3O3/c1-13-11-23-9-8-19(13)17(21)15-10-18-20(16(15)12-22-2)14-6-4-3-5-7-14/h3-7,10,13H,8-9,11-12H2,1-2H3/t13-/m0/s1. The van der Waals surface area contributed by atoms with E-state index < -0.39 is 0 Å². The van der Waals surface area contributed by atoms with Crippen molar-refractivity contribution in [2.45, 2.75) is 19.6 Å². The number of para-hydroxylation sites is 1. The zero-order valence-electron chi connectivity index (χ0n) is 13.4. The molecule has 2 aromatic rings. The van der Waals surface area contributed by atoms with Crippen LogP contribution in [0.2, 0.25) is 0 Å². The minimum atomic E-state index is -0.0185. The van der Waals surface area contributed by atoms with Gasteiger partial charge in [0.1, 0.15) is 0 Å². The van der Waals surface area contributed by atoms with Crippen LogP contribution in [0.1, 0.15) is 23.0 Å². The van der Waals surface area contributed by atoms with E-state index in [1.165, 1.54) is 0 Å². The highest BCUT2D eigenvalue weighted by atomic mass is 16.5. The second-order valence-electron chi connectivity index (χ2n) is 5.61. The highest BCUT2D eigenvalue weighted by molar-refractivity contribution is 5.95. The largest absolute Gasteiger partial charge is 0.378 e. The molecule has 0 unspecified atom stereocenters. The van der Waals surface area contributed by atoms with Crippen LogP contribution in [0.4, 0.5) is 0 Å². The Morgan fingerprint density at radius 1 is 1.39 bits per heavy atom. The summed E-state index contributed by atoms with van der Waals surface area (Å²) >= 11 is 0. The lowest BCUT2D eigenvalue weighted by Gasteiger charge is -2.33. The zero-order valence-corrected chi connectivity index (χ0v) is 13.4. The van der Waals surface area contributed by atoms with Gasteiger partial charge < -0.3 is 14.4 Å². The summed E-state index contributed by atoms with van der Waals surface area (Å²) in [6, 6.07) is 9.81. The Kier molecular flexibility index (Phi) is 4.73. The van der Waals surface area contributed by atoms with E-state index in [2.05, 4.69) is 5.10 Å². The summed E-state index contributed by atoms with van der Waals surface area (Å²) in [6.07, 6.45) is 1.63. The van der Waals surface area contributed by atoms with E-state index >= 15 is 0 Å². The topological polar surface area (TPSA) is 56.6 Å². The summed E-state index contributed by atoms with van der Waals surface area (Å²) < 4.78 is 12.5. The molecule has 0 spiro atoms. The van der Waals surface area contributed by atoms with Crippen LogP contribution >= 0.6 is 0 Å². The molecule has 2 heterocycles. The van der Waals surface area contributed by atoms with Crippen molar-refractivity contribution < 1.29 is 14.3 Å². The second kappa shape index (κ2) is 6.93. The molecule has 0 bridgehead atoms. The van der Waals surface area contributed by atoms with Crippen molar-refractivity contribution in [2.75, 3.05) is 26.9 Å². The lowest BCUT2D eigenvalue weighted by Crippen LogP contribution is -2.47. The minimum Gasteiger partial charge on any atom is -0.378 e. The minimum absolute atomic E-state index is 0.0185. The number of nitrogens with zero attached hydrogens (tertiary/aromatic N) is 3. The lowest BCUT2D eigenvalue weighted by atomic mass is 10.1. The molecule has 3 rings (SSSR count). The van der Waals surface area contributed by atoms with E-state index in [1.807, 2.05) is 42.2 Å². The third-order valence-corrected chi connectivity index (χ3v) is 4.01. The highest BCUT2D eigenvalue weighted by Gasteiger charge is 2.28. The summed E-state index contributed by atoms with van der Waals surface area (Å²) in [5, 5.41) is 4.40. The number of hydrogen-bond acceptors (Lipinski definition) is 4. The molecule has 6 nitrogen and oxygen atoms in total. The molecule has 0 saturated carbocycles. The van der Waals surface area contributed by atoms with Gasteiger partial charge >= 0.3 is 0 Å². The van der Waals surface area contributed by atoms with Crippen LogP contribution < -0.4 is 0 Å². The number of carbonyl (C=O) groups is 1. The van der Waals surface area contributed by atoms with Gasteiger partial charge in [0.25, 0.3) is 5.91 Å². The first-order chi connectivity index (χ1) is 11.2. The number of carbonyl (C=O) groups excluding carboxylic acids is 1. The normalized spacial score (nSPS) is 18.2. The van der Waals surface area contributed by atoms with Gasteiger partial charge in [0.2, 0.25) is 0 Å². The smallest absolute Gasteiger partial charge is 0.257 e. The number of benzene rings is 1. The quantitative estimate of drug-likeness (QED) is 0.864. The van der Waals surface area contributed by atoms with E-state index in [-0.39, 0.29) is 11.9 Å². The van der Waals surface area contributed by atoms with Crippen molar-refractivity contribution in [1.29, 1.82) is 0 Å². The lowest BCUT2D eigenvalue weighted by molar-refractivity contribution is 0.00341. The van der Waals surface area contributed by atoms with E-state index in [0.29, 0.717) is 31.9 Å². The number of hydrogen-bond donors (Lipinski definition) is 0. The summed E-state index contributed by atoms with van der Waals surface area (Å²) in [5.41, 5.74) is 2.26. The molecule has 1 saturated heterocycles. The fourth-order valence-electron chi connectivity index (χ4n) is 2.80. The molecule has 122 valence electrons. The zero-order chi connectivity index (χ0) is 16.2. The van der Waals surface area contributed by atoms with Crippen LogP contribution in [0.3, 0.4) is 0 Å². The second-order valence-corrected chi connectivity index (χ2v) is 5.61. The van der Waals surface area contributed by atoms with Gasteiger partial charge in [-0.1, -0.05) is 18.2 Å². The third-order valence-electron chi connectivity index (χ3n) is 4.01. The molecule has 1 atom stereocenters. The Morgan fingerprint density at radius 2 is 2.17 bits per heavy atom. The maximum absolute atomic E-state index is 12.9. The van der Waals surface area contributed by atoms with Gasteiger partial charge in [0, 0.05) is 13.7 Å². The van der Waals surface area contributed by atoms with E-state index in [9.17, 15) is 4.79 Å². The first-order valence-electron chi connectivity index (χ1n) is 7.72. The molecule has 1 aromatic carbocycles. The molecule has 1 aliphatic heterocycles. The summed E-state index contributed by atoms with van der Waals surface area (Å²) in [5.74, 6) is -0.0185. The van der Waals surface area contributed by atoms with Gasteiger partial charge in [-0.15, -0.1) is 0 Å². The molecule has 6 heteroatoms. The van der Waals surface area contributed by atoms with Crippen LogP contribution in [0.5, 0.6) is 0 Å². The SMILES string of the molecule is COCc1c(C(=O)N2CCOC[C@@H]2C)cnn1-c1ccccc1. The monoisotopic (exact) mass is 315 g/mol. The van der Waals surface area contributed by atoms with Crippen molar-refractivity contribution >= 4 is 5.91 Å². The van der Waals surface area contributed by atoms with Crippen molar-refractivity contribution in [3.8, 4) is 5.69 Å². The van der Waals surface area contributed by atoms with E-state index in [4.69, 9.17) is 9.47 Å². The van der Waals surface area contributed by atoms with Crippen LogP contribution in [0, 0.1) is 0 Å². The predicted octanol–water partition coefficient (Wildman–Crippen LogP) is 1.88. The van der Waals surface area contributed by atoms with Crippen LogP contribution in [0.15, 0.2) is 36.5 Å². The molecule has 0 N–H and O–H groups in total. The molecule has 0 aliphatic carbocycles. The number of amides is 1. The third kappa shape index (κ3) is 3.13. The number of methoxy groups -OCH3 is 1. The fourth-order valence-corrected chi connectivity index (χ4v) is 2.80. The number of rotatable bonds is 4. The fraction of sp³-hybridized carbons (Fsp3) is 0.412. The summed E-state index contributed by atoms with van der Waals surface area (Å²) in [4.78, 5) is 14.8. The average molecular weight is 315 g/mol. The van der Waals surface area contributed by atoms with Gasteiger partial charge in [-0.05, 0) is 19.1 Å². The van der Waals surface area contributed by atoms with Gasteiger partial charge in [-0.2, -0.15) is 5.10 Å².